The van der Waals surface area contributed by atoms with Crippen molar-refractivity contribution in [3.63, 3.8) is 0 Å². The molecule has 4 heteroatoms. The molecule has 1 aromatic heterocycles. The summed E-state index contributed by atoms with van der Waals surface area (Å²) in [6.07, 6.45) is 8.97. The number of nitrogens with zero attached hydrogens (tertiary/aromatic N) is 1. The van der Waals surface area contributed by atoms with Crippen molar-refractivity contribution >= 4 is 17.3 Å². The highest BCUT2D eigenvalue weighted by Gasteiger charge is 2.16. The summed E-state index contributed by atoms with van der Waals surface area (Å²) in [6, 6.07) is 2.88. The van der Waals surface area contributed by atoms with Gasteiger partial charge in [0.05, 0.1) is 6.54 Å². The molecule has 0 amide bonds. The third-order valence-corrected chi connectivity index (χ3v) is 5.13. The highest BCUT2D eigenvalue weighted by molar-refractivity contribution is 7.12. The minimum atomic E-state index is 0.557. The minimum absolute atomic E-state index is 0.557. The van der Waals surface area contributed by atoms with Crippen LogP contribution in [-0.4, -0.2) is 12.0 Å². The van der Waals surface area contributed by atoms with E-state index in [9.17, 15) is 0 Å². The fourth-order valence-corrected chi connectivity index (χ4v) is 4.14. The van der Waals surface area contributed by atoms with Crippen molar-refractivity contribution in [1.82, 2.24) is 5.32 Å². The molecule has 0 aromatic carbocycles. The van der Waals surface area contributed by atoms with Gasteiger partial charge in [0.1, 0.15) is 0 Å². The van der Waals surface area contributed by atoms with Crippen LogP contribution in [-0.2, 0) is 19.4 Å². The lowest BCUT2D eigenvalue weighted by molar-refractivity contribution is 0.625. The zero-order chi connectivity index (χ0) is 12.4. The highest BCUT2D eigenvalue weighted by Crippen LogP contribution is 2.30. The van der Waals surface area contributed by atoms with Crippen LogP contribution < -0.4 is 11.1 Å². The molecule has 1 aromatic rings. The SMILES string of the molecule is NC(=NCc1cc2c(s1)CCC2)NC1CCCC1. The van der Waals surface area contributed by atoms with Crippen molar-refractivity contribution in [2.24, 2.45) is 10.7 Å². The van der Waals surface area contributed by atoms with Gasteiger partial charge in [-0.25, -0.2) is 4.99 Å². The molecule has 3 rings (SSSR count). The average molecular weight is 263 g/mol. The van der Waals surface area contributed by atoms with E-state index in [1.807, 2.05) is 11.3 Å². The van der Waals surface area contributed by atoms with Gasteiger partial charge >= 0.3 is 0 Å². The zero-order valence-corrected chi connectivity index (χ0v) is 11.6. The summed E-state index contributed by atoms with van der Waals surface area (Å²) in [5.74, 6) is 0.621. The Morgan fingerprint density at radius 1 is 1.33 bits per heavy atom. The number of rotatable bonds is 3. The van der Waals surface area contributed by atoms with Gasteiger partial charge in [0.25, 0.3) is 0 Å². The molecular weight excluding hydrogens is 242 g/mol. The van der Waals surface area contributed by atoms with Gasteiger partial charge in [-0.15, -0.1) is 11.3 Å². The van der Waals surface area contributed by atoms with Gasteiger partial charge in [-0.3, -0.25) is 0 Å². The molecule has 2 aliphatic rings. The number of nitrogens with one attached hydrogen (secondary N) is 1. The van der Waals surface area contributed by atoms with Crippen LogP contribution >= 0.6 is 11.3 Å². The van der Waals surface area contributed by atoms with E-state index in [0.29, 0.717) is 12.0 Å². The van der Waals surface area contributed by atoms with E-state index in [4.69, 9.17) is 5.73 Å². The maximum atomic E-state index is 5.94. The summed E-state index contributed by atoms with van der Waals surface area (Å²) < 4.78 is 0. The number of hydrogen-bond donors (Lipinski definition) is 2. The standard InChI is InChI=1S/C14H21N3S/c15-14(17-11-5-1-2-6-11)16-9-12-8-10-4-3-7-13(10)18-12/h8,11H,1-7,9H2,(H3,15,16,17). The van der Waals surface area contributed by atoms with Crippen molar-refractivity contribution in [2.45, 2.75) is 57.5 Å². The summed E-state index contributed by atoms with van der Waals surface area (Å²) in [6.45, 7) is 0.739. The van der Waals surface area contributed by atoms with Crippen molar-refractivity contribution in [3.8, 4) is 0 Å². The van der Waals surface area contributed by atoms with Gasteiger partial charge < -0.3 is 11.1 Å². The number of aliphatic imine (C=N–C) groups is 1. The molecule has 2 aliphatic carbocycles. The van der Waals surface area contributed by atoms with E-state index in [-0.39, 0.29) is 0 Å². The smallest absolute Gasteiger partial charge is 0.189 e. The lowest BCUT2D eigenvalue weighted by Gasteiger charge is -2.11. The van der Waals surface area contributed by atoms with Gasteiger partial charge in [-0.2, -0.15) is 0 Å². The lowest BCUT2D eigenvalue weighted by Crippen LogP contribution is -2.38. The Bertz CT molecular complexity index is 422. The number of nitrogens with two attached hydrogens (primary N) is 1. The van der Waals surface area contributed by atoms with Gasteiger partial charge in [0.2, 0.25) is 0 Å². The Labute approximate surface area is 112 Å². The number of fused-ring (bicyclic) bond motifs is 1. The molecule has 0 unspecified atom stereocenters. The summed E-state index contributed by atoms with van der Waals surface area (Å²) in [5.41, 5.74) is 7.48. The van der Waals surface area contributed by atoms with Crippen LogP contribution in [0.15, 0.2) is 11.1 Å². The van der Waals surface area contributed by atoms with E-state index in [0.717, 1.165) is 6.54 Å². The molecule has 0 aliphatic heterocycles. The number of aryl methyl sites for hydroxylation is 2. The summed E-state index contributed by atoms with van der Waals surface area (Å²) in [4.78, 5) is 7.39. The molecule has 0 saturated heterocycles. The van der Waals surface area contributed by atoms with Crippen LogP contribution in [0.5, 0.6) is 0 Å². The maximum absolute atomic E-state index is 5.94. The quantitative estimate of drug-likeness (QED) is 0.650. The molecule has 98 valence electrons. The van der Waals surface area contributed by atoms with Gasteiger partial charge in [-0.1, -0.05) is 12.8 Å². The fourth-order valence-electron chi connectivity index (χ4n) is 2.96. The van der Waals surface area contributed by atoms with E-state index < -0.39 is 0 Å². The second-order valence-corrected chi connectivity index (χ2v) is 6.56. The second kappa shape index (κ2) is 5.31. The first kappa shape index (κ1) is 12.0. The normalized spacial score (nSPS) is 20.3. The van der Waals surface area contributed by atoms with Crippen molar-refractivity contribution in [3.05, 3.63) is 21.4 Å². The first-order valence-electron chi connectivity index (χ1n) is 6.98. The van der Waals surface area contributed by atoms with Gasteiger partial charge in [-0.05, 0) is 43.7 Å². The maximum Gasteiger partial charge on any atom is 0.189 e. The van der Waals surface area contributed by atoms with E-state index in [1.54, 1.807) is 10.4 Å². The zero-order valence-electron chi connectivity index (χ0n) is 10.7. The molecule has 1 heterocycles. The van der Waals surface area contributed by atoms with Crippen LogP contribution in [0.25, 0.3) is 0 Å². The molecule has 0 radical (unpaired) electrons. The largest absolute Gasteiger partial charge is 0.370 e. The highest BCUT2D eigenvalue weighted by atomic mass is 32.1. The van der Waals surface area contributed by atoms with Crippen molar-refractivity contribution < 1.29 is 0 Å². The van der Waals surface area contributed by atoms with Crippen molar-refractivity contribution in [1.29, 1.82) is 0 Å². The fraction of sp³-hybridized carbons (Fsp3) is 0.643. The summed E-state index contributed by atoms with van der Waals surface area (Å²) in [5, 5.41) is 3.33. The minimum Gasteiger partial charge on any atom is -0.370 e. The molecule has 1 saturated carbocycles. The molecule has 0 atom stereocenters. The summed E-state index contributed by atoms with van der Waals surface area (Å²) >= 11 is 1.92. The Kier molecular flexibility index (Phi) is 3.55. The molecule has 3 nitrogen and oxygen atoms in total. The molecule has 0 spiro atoms. The van der Waals surface area contributed by atoms with Gasteiger partial charge in [0.15, 0.2) is 5.96 Å². The predicted octanol–water partition coefficient (Wildman–Crippen LogP) is 2.58. The van der Waals surface area contributed by atoms with Crippen LogP contribution in [0.3, 0.4) is 0 Å². The third kappa shape index (κ3) is 2.69. The Balaban J connectivity index is 1.55. The second-order valence-electron chi connectivity index (χ2n) is 5.34. The summed E-state index contributed by atoms with van der Waals surface area (Å²) in [7, 11) is 0. The Morgan fingerprint density at radius 2 is 2.17 bits per heavy atom. The third-order valence-electron chi connectivity index (χ3n) is 3.91. The predicted molar refractivity (Wildman–Crippen MR) is 77.1 cm³/mol. The number of thiophene rings is 1. The molecule has 0 bridgehead atoms. The van der Waals surface area contributed by atoms with Crippen LogP contribution in [0, 0.1) is 0 Å². The molecule has 1 fully saturated rings. The first-order valence-corrected chi connectivity index (χ1v) is 7.80. The Morgan fingerprint density at radius 3 is 2.94 bits per heavy atom. The molecular formula is C14H21N3S. The van der Waals surface area contributed by atoms with Crippen LogP contribution in [0.2, 0.25) is 0 Å². The molecule has 3 N–H and O–H groups in total. The molecule has 18 heavy (non-hydrogen) atoms. The van der Waals surface area contributed by atoms with Gasteiger partial charge in [0, 0.05) is 15.8 Å². The number of hydrogen-bond acceptors (Lipinski definition) is 2. The average Bonchev–Trinajstić information content (AvgIpc) is 3.01. The monoisotopic (exact) mass is 263 g/mol. The van der Waals surface area contributed by atoms with E-state index in [2.05, 4.69) is 16.4 Å². The van der Waals surface area contributed by atoms with Crippen molar-refractivity contribution in [2.75, 3.05) is 0 Å². The topological polar surface area (TPSA) is 50.4 Å². The Hall–Kier alpha value is -1.03. The van der Waals surface area contributed by atoms with E-state index in [1.165, 1.54) is 49.8 Å². The van der Waals surface area contributed by atoms with Crippen LogP contribution in [0.1, 0.15) is 47.4 Å². The van der Waals surface area contributed by atoms with Crippen LogP contribution in [0.4, 0.5) is 0 Å². The first-order chi connectivity index (χ1) is 8.81. The van der Waals surface area contributed by atoms with E-state index >= 15 is 0 Å². The lowest BCUT2D eigenvalue weighted by atomic mass is 10.2. The number of guanidine groups is 1.